The quantitative estimate of drug-likeness (QED) is 0.206. The van der Waals surface area contributed by atoms with Gasteiger partial charge in [0.15, 0.2) is 0 Å². The first-order valence-electron chi connectivity index (χ1n) is 14.6. The third-order valence-electron chi connectivity index (χ3n) is 5.52. The Morgan fingerprint density at radius 3 is 0.800 bits per heavy atom. The molecule has 2 aromatic rings. The molecular formula is C32H52O6Si2. The SMILES string of the molecule is C=C(c1ccc([Si](OC(C)C)(OC(C)C)OC(C)C)cc1)c1ccc([Si](OC(C)C)(OC(C)C)OC(C)C)cc1. The molecule has 0 bridgehead atoms. The number of rotatable bonds is 16. The molecule has 224 valence electrons. The molecule has 40 heavy (non-hydrogen) atoms. The Bertz CT molecular complexity index is 910. The number of benzene rings is 2. The average Bonchev–Trinajstić information content (AvgIpc) is 2.81. The van der Waals surface area contributed by atoms with E-state index >= 15 is 0 Å². The van der Waals surface area contributed by atoms with Crippen molar-refractivity contribution in [1.82, 2.24) is 0 Å². The molecule has 8 heteroatoms. The summed E-state index contributed by atoms with van der Waals surface area (Å²) in [5.74, 6) is 0. The van der Waals surface area contributed by atoms with Crippen molar-refractivity contribution in [2.24, 2.45) is 0 Å². The zero-order valence-electron chi connectivity index (χ0n) is 26.7. The topological polar surface area (TPSA) is 55.4 Å². The van der Waals surface area contributed by atoms with Gasteiger partial charge in [-0.3, -0.25) is 0 Å². The third-order valence-corrected chi connectivity index (χ3v) is 12.3. The van der Waals surface area contributed by atoms with Gasteiger partial charge in [-0.05, 0) is 99.8 Å². The second-order valence-corrected chi connectivity index (χ2v) is 16.5. The van der Waals surface area contributed by atoms with Gasteiger partial charge in [0.25, 0.3) is 0 Å². The fourth-order valence-electron chi connectivity index (χ4n) is 4.35. The molecule has 0 N–H and O–H groups in total. The fourth-order valence-corrected chi connectivity index (χ4v) is 10.4. The summed E-state index contributed by atoms with van der Waals surface area (Å²) in [5, 5.41) is 1.88. The van der Waals surface area contributed by atoms with E-state index in [0.29, 0.717) is 0 Å². The minimum Gasteiger partial charge on any atom is -0.367 e. The summed E-state index contributed by atoms with van der Waals surface area (Å²) in [7, 11) is -6.27. The van der Waals surface area contributed by atoms with Gasteiger partial charge in [-0.2, -0.15) is 0 Å². The minimum atomic E-state index is -3.13. The zero-order chi connectivity index (χ0) is 30.3. The summed E-state index contributed by atoms with van der Waals surface area (Å²) in [5.41, 5.74) is 2.94. The normalized spacial score (nSPS) is 13.1. The maximum atomic E-state index is 6.40. The summed E-state index contributed by atoms with van der Waals surface area (Å²) < 4.78 is 38.4. The highest BCUT2D eigenvalue weighted by Crippen LogP contribution is 2.25. The largest absolute Gasteiger partial charge is 0.537 e. The smallest absolute Gasteiger partial charge is 0.367 e. The Morgan fingerprint density at radius 1 is 0.425 bits per heavy atom. The molecule has 0 fully saturated rings. The van der Waals surface area contributed by atoms with Crippen molar-refractivity contribution in [3.63, 3.8) is 0 Å². The van der Waals surface area contributed by atoms with Gasteiger partial charge in [-0.15, -0.1) is 0 Å². The van der Waals surface area contributed by atoms with E-state index in [0.717, 1.165) is 27.1 Å². The lowest BCUT2D eigenvalue weighted by Gasteiger charge is -2.34. The number of hydrogen-bond acceptors (Lipinski definition) is 6. The Balaban J connectivity index is 2.42. The highest BCUT2D eigenvalue weighted by molar-refractivity contribution is 6.76. The maximum absolute atomic E-state index is 6.40. The van der Waals surface area contributed by atoms with E-state index < -0.39 is 17.6 Å². The van der Waals surface area contributed by atoms with Crippen LogP contribution in [0.25, 0.3) is 5.57 Å². The second kappa shape index (κ2) is 15.0. The lowest BCUT2D eigenvalue weighted by molar-refractivity contribution is 0.0142. The molecule has 0 aliphatic carbocycles. The van der Waals surface area contributed by atoms with E-state index in [1.54, 1.807) is 0 Å². The molecule has 0 aliphatic rings. The Morgan fingerprint density at radius 2 is 0.625 bits per heavy atom. The van der Waals surface area contributed by atoms with Crippen molar-refractivity contribution >= 4 is 33.6 Å². The summed E-state index contributed by atoms with van der Waals surface area (Å²) >= 11 is 0. The monoisotopic (exact) mass is 588 g/mol. The van der Waals surface area contributed by atoms with Gasteiger partial charge in [0.05, 0.1) is 0 Å². The highest BCUT2D eigenvalue weighted by atomic mass is 28.4. The van der Waals surface area contributed by atoms with Crippen molar-refractivity contribution in [2.75, 3.05) is 0 Å². The van der Waals surface area contributed by atoms with Crippen LogP contribution in [0.4, 0.5) is 0 Å². The van der Waals surface area contributed by atoms with E-state index in [2.05, 4.69) is 55.1 Å². The molecule has 0 amide bonds. The predicted octanol–water partition coefficient (Wildman–Crippen LogP) is 6.59. The molecule has 2 aromatic carbocycles. The van der Waals surface area contributed by atoms with E-state index in [-0.39, 0.29) is 36.6 Å². The van der Waals surface area contributed by atoms with Crippen molar-refractivity contribution in [2.45, 2.75) is 120 Å². The average molecular weight is 589 g/mol. The molecule has 0 aliphatic heterocycles. The van der Waals surface area contributed by atoms with Crippen molar-refractivity contribution in [3.05, 3.63) is 66.2 Å². The van der Waals surface area contributed by atoms with Crippen LogP contribution in [0.3, 0.4) is 0 Å². The first-order chi connectivity index (χ1) is 18.6. The van der Waals surface area contributed by atoms with Crippen LogP contribution in [0.15, 0.2) is 55.1 Å². The van der Waals surface area contributed by atoms with Crippen molar-refractivity contribution in [1.29, 1.82) is 0 Å². The molecule has 0 atom stereocenters. The third kappa shape index (κ3) is 9.74. The highest BCUT2D eigenvalue weighted by Gasteiger charge is 2.48. The van der Waals surface area contributed by atoms with Gasteiger partial charge in [-0.25, -0.2) is 0 Å². The maximum Gasteiger partial charge on any atom is 0.537 e. The summed E-state index contributed by atoms with van der Waals surface area (Å²) in [4.78, 5) is 0. The molecule has 0 spiro atoms. The molecule has 6 nitrogen and oxygen atoms in total. The zero-order valence-corrected chi connectivity index (χ0v) is 28.7. The van der Waals surface area contributed by atoms with Crippen LogP contribution >= 0.6 is 0 Å². The van der Waals surface area contributed by atoms with Gasteiger partial charge >= 0.3 is 17.6 Å². The van der Waals surface area contributed by atoms with Gasteiger partial charge in [0.1, 0.15) is 0 Å². The molecule has 0 unspecified atom stereocenters. The molecule has 0 radical (unpaired) electrons. The summed E-state index contributed by atoms with van der Waals surface area (Å²) in [6, 6.07) is 16.5. The van der Waals surface area contributed by atoms with Crippen molar-refractivity contribution < 1.29 is 26.6 Å². The molecule has 0 aromatic heterocycles. The van der Waals surface area contributed by atoms with E-state index in [1.807, 2.05) is 83.1 Å². The molecule has 0 saturated heterocycles. The molecule has 0 heterocycles. The second-order valence-electron chi connectivity index (χ2n) is 11.7. The van der Waals surface area contributed by atoms with E-state index in [4.69, 9.17) is 26.6 Å². The summed E-state index contributed by atoms with van der Waals surface area (Å²) in [6.07, 6.45) is -0.211. The molecule has 0 saturated carbocycles. The Kier molecular flexibility index (Phi) is 13.0. The van der Waals surface area contributed by atoms with Gasteiger partial charge in [0.2, 0.25) is 0 Å². The van der Waals surface area contributed by atoms with E-state index in [1.165, 1.54) is 0 Å². The van der Waals surface area contributed by atoms with Crippen LogP contribution < -0.4 is 10.4 Å². The van der Waals surface area contributed by atoms with Gasteiger partial charge < -0.3 is 26.6 Å². The van der Waals surface area contributed by atoms with E-state index in [9.17, 15) is 0 Å². The Hall–Kier alpha value is -1.63. The minimum absolute atomic E-state index is 0.0352. The summed E-state index contributed by atoms with van der Waals surface area (Å²) in [6.45, 7) is 28.5. The van der Waals surface area contributed by atoms with Gasteiger partial charge in [-0.1, -0.05) is 55.1 Å². The van der Waals surface area contributed by atoms with Crippen LogP contribution in [0, 0.1) is 0 Å². The van der Waals surface area contributed by atoms with Crippen LogP contribution in [0.2, 0.25) is 0 Å². The van der Waals surface area contributed by atoms with Crippen LogP contribution in [-0.2, 0) is 26.6 Å². The molecule has 2 rings (SSSR count). The lowest BCUT2D eigenvalue weighted by Crippen LogP contribution is -2.60. The van der Waals surface area contributed by atoms with Crippen LogP contribution in [0.5, 0.6) is 0 Å². The number of hydrogen-bond donors (Lipinski definition) is 0. The van der Waals surface area contributed by atoms with Crippen molar-refractivity contribution in [3.8, 4) is 0 Å². The standard InChI is InChI=1S/C32H52O6Si2/c1-22(2)33-39(34-23(3)4,35-24(5)6)31-18-14-29(15-19-31)28(13)30-16-20-32(21-17-30)40(36-25(7)8,37-26(9)10)38-27(11)12/h14-27H,13H2,1-12H3. The molecular weight excluding hydrogens is 537 g/mol. The Labute approximate surface area is 245 Å². The predicted molar refractivity (Wildman–Crippen MR) is 169 cm³/mol. The fraction of sp³-hybridized carbons (Fsp3) is 0.562. The van der Waals surface area contributed by atoms with Crippen LogP contribution in [0.1, 0.15) is 94.2 Å². The first-order valence-corrected chi connectivity index (χ1v) is 18.0. The lowest BCUT2D eigenvalue weighted by atomic mass is 10.00. The van der Waals surface area contributed by atoms with Crippen LogP contribution in [-0.4, -0.2) is 54.2 Å². The van der Waals surface area contributed by atoms with Gasteiger partial charge in [0, 0.05) is 47.0 Å². The first kappa shape index (κ1) is 34.6.